The average Bonchev–Trinajstić information content (AvgIpc) is 2.25. The lowest BCUT2D eigenvalue weighted by Crippen LogP contribution is -2.25. The number of ether oxygens (including phenoxy) is 1. The minimum absolute atomic E-state index is 0.186. The molecule has 0 aliphatic rings. The van der Waals surface area contributed by atoms with Crippen molar-refractivity contribution in [3.63, 3.8) is 0 Å². The molecule has 5 heteroatoms. The van der Waals surface area contributed by atoms with Crippen LogP contribution in [0.5, 0.6) is 0 Å². The van der Waals surface area contributed by atoms with E-state index in [0.29, 0.717) is 13.2 Å². The first-order valence-electron chi connectivity index (χ1n) is 5.05. The molecule has 0 saturated heterocycles. The van der Waals surface area contributed by atoms with Gasteiger partial charge in [-0.2, -0.15) is 0 Å². The van der Waals surface area contributed by atoms with Crippen molar-refractivity contribution in [1.29, 1.82) is 0 Å². The number of methoxy groups -OCH3 is 1. The Morgan fingerprint density at radius 2 is 2.40 bits per heavy atom. The van der Waals surface area contributed by atoms with E-state index in [2.05, 4.69) is 10.3 Å². The first-order chi connectivity index (χ1) is 7.34. The second kappa shape index (κ2) is 7.14. The lowest BCUT2D eigenvalue weighted by Gasteiger charge is -2.05. The van der Waals surface area contributed by atoms with Crippen LogP contribution >= 0.6 is 0 Å². The van der Waals surface area contributed by atoms with E-state index in [-0.39, 0.29) is 5.69 Å². The molecule has 0 aromatic carbocycles. The number of nitrogens with one attached hydrogen (secondary N) is 1. The van der Waals surface area contributed by atoms with Gasteiger partial charge in [-0.05, 0) is 19.0 Å². The molecule has 1 N–H and O–H groups in total. The Morgan fingerprint density at radius 3 is 3.13 bits per heavy atom. The van der Waals surface area contributed by atoms with Crippen LogP contribution in [0, 0.1) is 0 Å². The third-order valence-corrected chi connectivity index (χ3v) is 2.02. The molecule has 0 saturated carbocycles. The van der Waals surface area contributed by atoms with Gasteiger partial charge in [0, 0.05) is 32.6 Å². The molecule has 0 atom stereocenters. The van der Waals surface area contributed by atoms with E-state index in [1.54, 1.807) is 23.9 Å². The normalized spacial score (nSPS) is 10.5. The largest absolute Gasteiger partial charge is 0.383 e. The Kier molecular flexibility index (Phi) is 5.65. The third kappa shape index (κ3) is 4.71. The van der Waals surface area contributed by atoms with Crippen LogP contribution in [0.2, 0.25) is 0 Å². The van der Waals surface area contributed by atoms with E-state index < -0.39 is 0 Å². The van der Waals surface area contributed by atoms with Crippen molar-refractivity contribution < 1.29 is 4.74 Å². The van der Waals surface area contributed by atoms with Gasteiger partial charge in [0.25, 0.3) is 0 Å². The van der Waals surface area contributed by atoms with E-state index in [1.807, 2.05) is 0 Å². The molecule has 1 heterocycles. The fourth-order valence-corrected chi connectivity index (χ4v) is 1.23. The van der Waals surface area contributed by atoms with Crippen LogP contribution in [-0.2, 0) is 11.3 Å². The van der Waals surface area contributed by atoms with Gasteiger partial charge >= 0.3 is 5.69 Å². The van der Waals surface area contributed by atoms with Crippen molar-refractivity contribution in [3.05, 3.63) is 28.9 Å². The van der Waals surface area contributed by atoms with Gasteiger partial charge in [0.1, 0.15) is 0 Å². The van der Waals surface area contributed by atoms with E-state index in [9.17, 15) is 4.79 Å². The van der Waals surface area contributed by atoms with Crippen LogP contribution in [0.15, 0.2) is 23.3 Å². The second-order valence-corrected chi connectivity index (χ2v) is 3.19. The standard InChI is InChI=1S/C10H17N3O2/c1-15-9-6-11-4-2-7-13-8-3-5-12-10(13)14/h3,5,8,11H,2,4,6-7,9H2,1H3. The molecule has 5 nitrogen and oxygen atoms in total. The maximum absolute atomic E-state index is 11.2. The first kappa shape index (κ1) is 11.9. The van der Waals surface area contributed by atoms with Crippen molar-refractivity contribution in [1.82, 2.24) is 14.9 Å². The van der Waals surface area contributed by atoms with Crippen LogP contribution in [0.3, 0.4) is 0 Å². The van der Waals surface area contributed by atoms with Gasteiger partial charge < -0.3 is 10.1 Å². The zero-order valence-corrected chi connectivity index (χ0v) is 8.98. The Morgan fingerprint density at radius 1 is 1.53 bits per heavy atom. The topological polar surface area (TPSA) is 56.1 Å². The summed E-state index contributed by atoms with van der Waals surface area (Å²) >= 11 is 0. The zero-order valence-electron chi connectivity index (χ0n) is 8.98. The van der Waals surface area contributed by atoms with Gasteiger partial charge in [-0.15, -0.1) is 0 Å². The van der Waals surface area contributed by atoms with Crippen LogP contribution in [0.1, 0.15) is 6.42 Å². The summed E-state index contributed by atoms with van der Waals surface area (Å²) in [7, 11) is 1.68. The van der Waals surface area contributed by atoms with Crippen LogP contribution in [-0.4, -0.2) is 36.4 Å². The summed E-state index contributed by atoms with van der Waals surface area (Å²) in [6, 6.07) is 1.76. The van der Waals surface area contributed by atoms with Crippen molar-refractivity contribution >= 4 is 0 Å². The number of aryl methyl sites for hydroxylation is 1. The van der Waals surface area contributed by atoms with Crippen molar-refractivity contribution in [2.24, 2.45) is 0 Å². The monoisotopic (exact) mass is 211 g/mol. The molecule has 1 rings (SSSR count). The first-order valence-corrected chi connectivity index (χ1v) is 5.05. The van der Waals surface area contributed by atoms with E-state index >= 15 is 0 Å². The molecular weight excluding hydrogens is 194 g/mol. The van der Waals surface area contributed by atoms with Gasteiger partial charge in [-0.3, -0.25) is 4.57 Å². The predicted octanol–water partition coefficient (Wildman–Crippen LogP) is -0.131. The van der Waals surface area contributed by atoms with Crippen molar-refractivity contribution in [2.75, 3.05) is 26.8 Å². The highest BCUT2D eigenvalue weighted by molar-refractivity contribution is 4.80. The van der Waals surface area contributed by atoms with Crippen LogP contribution < -0.4 is 11.0 Å². The SMILES string of the molecule is COCCNCCCn1cccnc1=O. The van der Waals surface area contributed by atoms with Gasteiger partial charge in [0.15, 0.2) is 0 Å². The Balaban J connectivity index is 2.15. The average molecular weight is 211 g/mol. The Labute approximate surface area is 89.1 Å². The maximum atomic E-state index is 11.2. The zero-order chi connectivity index (χ0) is 10.9. The number of rotatable bonds is 7. The summed E-state index contributed by atoms with van der Waals surface area (Å²) < 4.78 is 6.51. The quantitative estimate of drug-likeness (QED) is 0.638. The molecule has 1 aromatic rings. The number of nitrogens with zero attached hydrogens (tertiary/aromatic N) is 2. The summed E-state index contributed by atoms with van der Waals surface area (Å²) in [5, 5.41) is 3.22. The minimum Gasteiger partial charge on any atom is -0.383 e. The summed E-state index contributed by atoms with van der Waals surface area (Å²) in [5.74, 6) is 0. The number of aromatic nitrogens is 2. The van der Waals surface area contributed by atoms with Crippen LogP contribution in [0.4, 0.5) is 0 Å². The summed E-state index contributed by atoms with van der Waals surface area (Å²) in [6.45, 7) is 3.14. The minimum atomic E-state index is -0.186. The lowest BCUT2D eigenvalue weighted by molar-refractivity contribution is 0.199. The molecule has 0 amide bonds. The van der Waals surface area contributed by atoms with Gasteiger partial charge in [-0.25, -0.2) is 9.78 Å². The third-order valence-electron chi connectivity index (χ3n) is 2.02. The molecule has 0 aliphatic heterocycles. The molecule has 0 radical (unpaired) electrons. The van der Waals surface area contributed by atoms with Crippen molar-refractivity contribution in [2.45, 2.75) is 13.0 Å². The molecule has 0 bridgehead atoms. The molecular formula is C10H17N3O2. The highest BCUT2D eigenvalue weighted by Gasteiger charge is 1.94. The Bertz CT molecular complexity index is 324. The van der Waals surface area contributed by atoms with Crippen molar-refractivity contribution in [3.8, 4) is 0 Å². The van der Waals surface area contributed by atoms with Gasteiger partial charge in [0.2, 0.25) is 0 Å². The number of hydrogen-bond acceptors (Lipinski definition) is 4. The van der Waals surface area contributed by atoms with E-state index in [0.717, 1.165) is 19.5 Å². The lowest BCUT2D eigenvalue weighted by atomic mass is 10.4. The fourth-order valence-electron chi connectivity index (χ4n) is 1.23. The molecule has 1 aromatic heterocycles. The molecule has 0 spiro atoms. The maximum Gasteiger partial charge on any atom is 0.347 e. The molecule has 0 fully saturated rings. The van der Waals surface area contributed by atoms with Crippen LogP contribution in [0.25, 0.3) is 0 Å². The second-order valence-electron chi connectivity index (χ2n) is 3.19. The Hall–Kier alpha value is -1.20. The van der Waals surface area contributed by atoms with E-state index in [4.69, 9.17) is 4.74 Å². The summed E-state index contributed by atoms with van der Waals surface area (Å²) in [6.07, 6.45) is 4.18. The predicted molar refractivity (Wildman–Crippen MR) is 57.9 cm³/mol. The molecule has 0 aliphatic carbocycles. The number of hydrogen-bond donors (Lipinski definition) is 1. The highest BCUT2D eigenvalue weighted by atomic mass is 16.5. The van der Waals surface area contributed by atoms with Gasteiger partial charge in [0.05, 0.1) is 6.61 Å². The van der Waals surface area contributed by atoms with E-state index in [1.165, 1.54) is 6.20 Å². The molecule has 0 unspecified atom stereocenters. The highest BCUT2D eigenvalue weighted by Crippen LogP contribution is 1.84. The molecule has 84 valence electrons. The summed E-state index contributed by atoms with van der Waals surface area (Å²) in [5.41, 5.74) is -0.186. The molecule has 15 heavy (non-hydrogen) atoms. The fraction of sp³-hybridized carbons (Fsp3) is 0.600. The smallest absolute Gasteiger partial charge is 0.347 e. The van der Waals surface area contributed by atoms with Gasteiger partial charge in [-0.1, -0.05) is 0 Å². The summed E-state index contributed by atoms with van der Waals surface area (Å²) in [4.78, 5) is 14.9.